The third-order valence-corrected chi connectivity index (χ3v) is 1.80. The number of hydrogen-bond donors (Lipinski definition) is 2. The fourth-order valence-corrected chi connectivity index (χ4v) is 1.24. The number of alkyl halides is 6. The Bertz CT molecular complexity index is 442. The van der Waals surface area contributed by atoms with Crippen molar-refractivity contribution in [1.29, 1.82) is 0 Å². The predicted octanol–water partition coefficient (Wildman–Crippen LogP) is 2.04. The van der Waals surface area contributed by atoms with Gasteiger partial charge in [-0.05, 0) is 0 Å². The van der Waals surface area contributed by atoms with E-state index in [1.54, 1.807) is 0 Å². The molecule has 0 amide bonds. The highest BCUT2D eigenvalue weighted by Crippen LogP contribution is 2.37. The quantitative estimate of drug-likeness (QED) is 0.810. The highest BCUT2D eigenvalue weighted by molar-refractivity contribution is 5.53. The van der Waals surface area contributed by atoms with E-state index >= 15 is 0 Å². The molecule has 4 nitrogen and oxygen atoms in total. The first-order valence-corrected chi connectivity index (χ1v) is 4.37. The van der Waals surface area contributed by atoms with Gasteiger partial charge in [-0.15, -0.1) is 13.2 Å². The first kappa shape index (κ1) is 14.4. The van der Waals surface area contributed by atoms with Gasteiger partial charge in [-0.25, -0.2) is 4.98 Å². The lowest BCUT2D eigenvalue weighted by molar-refractivity contribution is -0.276. The van der Waals surface area contributed by atoms with Crippen molar-refractivity contribution in [2.75, 3.05) is 5.73 Å². The molecule has 0 spiro atoms. The number of nitrogens with zero attached hydrogens (tertiary/aromatic N) is 1. The van der Waals surface area contributed by atoms with Crippen LogP contribution < -0.4 is 16.2 Å². The van der Waals surface area contributed by atoms with Crippen molar-refractivity contribution >= 4 is 5.69 Å². The first-order valence-electron chi connectivity index (χ1n) is 4.37. The summed E-state index contributed by atoms with van der Waals surface area (Å²) in [4.78, 5) is 3.04. The van der Waals surface area contributed by atoms with Gasteiger partial charge in [-0.1, -0.05) is 0 Å². The van der Waals surface area contributed by atoms with Crippen LogP contribution in [0.1, 0.15) is 11.3 Å². The summed E-state index contributed by atoms with van der Waals surface area (Å²) in [6.07, 6.45) is -9.94. The summed E-state index contributed by atoms with van der Waals surface area (Å²) in [5.41, 5.74) is 6.92. The predicted molar refractivity (Wildman–Crippen MR) is 48.2 cm³/mol. The molecule has 0 aliphatic carbocycles. The fourth-order valence-electron chi connectivity index (χ4n) is 1.24. The molecule has 102 valence electrons. The molecule has 4 N–H and O–H groups in total. The maximum atomic E-state index is 12.5. The Morgan fingerprint density at radius 3 is 2.11 bits per heavy atom. The van der Waals surface area contributed by atoms with Crippen molar-refractivity contribution in [1.82, 2.24) is 4.98 Å². The standard InChI is InChI=1S/C8H7F6N3O/c9-7(10,11)6-3(16)1-5(17-4(6)2-15)18-8(12,13)14/h1H,2,15H2,(H2,16,17). The van der Waals surface area contributed by atoms with Crippen LogP contribution in [0.15, 0.2) is 6.07 Å². The molecule has 0 aliphatic rings. The lowest BCUT2D eigenvalue weighted by Crippen LogP contribution is -2.21. The Balaban J connectivity index is 3.28. The van der Waals surface area contributed by atoms with Crippen molar-refractivity contribution in [2.45, 2.75) is 19.1 Å². The van der Waals surface area contributed by atoms with Gasteiger partial charge in [0.2, 0.25) is 5.88 Å². The molecule has 0 unspecified atom stereocenters. The van der Waals surface area contributed by atoms with E-state index < -0.39 is 41.9 Å². The largest absolute Gasteiger partial charge is 0.574 e. The van der Waals surface area contributed by atoms with Gasteiger partial charge < -0.3 is 16.2 Å². The summed E-state index contributed by atoms with van der Waals surface area (Å²) >= 11 is 0. The molecule has 1 rings (SSSR count). The summed E-state index contributed by atoms with van der Waals surface area (Å²) in [5, 5.41) is 0. The molecular weight excluding hydrogens is 268 g/mol. The minimum absolute atomic E-state index is 0.343. The fraction of sp³-hybridized carbons (Fsp3) is 0.375. The summed E-state index contributed by atoms with van der Waals surface area (Å²) in [7, 11) is 0. The molecule has 1 aromatic rings. The Morgan fingerprint density at radius 1 is 1.17 bits per heavy atom. The molecule has 0 saturated heterocycles. The Hall–Kier alpha value is -1.71. The lowest BCUT2D eigenvalue weighted by Gasteiger charge is -2.16. The van der Waals surface area contributed by atoms with Crippen LogP contribution in [0.3, 0.4) is 0 Å². The van der Waals surface area contributed by atoms with E-state index in [0.717, 1.165) is 0 Å². The second kappa shape index (κ2) is 4.52. The molecule has 0 radical (unpaired) electrons. The van der Waals surface area contributed by atoms with E-state index in [9.17, 15) is 26.3 Å². The number of pyridine rings is 1. The highest BCUT2D eigenvalue weighted by Gasteiger charge is 2.38. The van der Waals surface area contributed by atoms with Crippen LogP contribution in [-0.4, -0.2) is 11.3 Å². The number of nitrogen functional groups attached to an aromatic ring is 1. The number of ether oxygens (including phenoxy) is 1. The van der Waals surface area contributed by atoms with Gasteiger partial charge in [0.05, 0.1) is 11.4 Å². The highest BCUT2D eigenvalue weighted by atomic mass is 19.4. The van der Waals surface area contributed by atoms with E-state index in [0.29, 0.717) is 6.07 Å². The first-order chi connectivity index (χ1) is 8.04. The van der Waals surface area contributed by atoms with Crippen LogP contribution in [0.5, 0.6) is 5.88 Å². The van der Waals surface area contributed by atoms with E-state index in [1.165, 1.54) is 0 Å². The number of anilines is 1. The van der Waals surface area contributed by atoms with Crippen molar-refractivity contribution in [2.24, 2.45) is 5.73 Å². The maximum Gasteiger partial charge on any atom is 0.574 e. The van der Waals surface area contributed by atoms with Gasteiger partial charge in [0.1, 0.15) is 5.56 Å². The van der Waals surface area contributed by atoms with Gasteiger partial charge in [0, 0.05) is 12.6 Å². The van der Waals surface area contributed by atoms with Gasteiger partial charge in [-0.3, -0.25) is 0 Å². The smallest absolute Gasteiger partial charge is 0.398 e. The van der Waals surface area contributed by atoms with Crippen molar-refractivity contribution in [3.05, 3.63) is 17.3 Å². The topological polar surface area (TPSA) is 74.2 Å². The van der Waals surface area contributed by atoms with Gasteiger partial charge in [-0.2, -0.15) is 13.2 Å². The number of halogens is 6. The van der Waals surface area contributed by atoms with Crippen LogP contribution in [-0.2, 0) is 12.7 Å². The zero-order valence-corrected chi connectivity index (χ0v) is 8.56. The van der Waals surface area contributed by atoms with E-state index in [2.05, 4.69) is 9.72 Å². The summed E-state index contributed by atoms with van der Waals surface area (Å²) in [6.45, 7) is -0.728. The second-order valence-corrected chi connectivity index (χ2v) is 3.12. The molecule has 0 atom stereocenters. The molecule has 1 aromatic heterocycles. The molecule has 18 heavy (non-hydrogen) atoms. The lowest BCUT2D eigenvalue weighted by atomic mass is 10.1. The van der Waals surface area contributed by atoms with Gasteiger partial charge >= 0.3 is 12.5 Å². The van der Waals surface area contributed by atoms with Crippen LogP contribution in [0, 0.1) is 0 Å². The van der Waals surface area contributed by atoms with Crippen LogP contribution in [0.25, 0.3) is 0 Å². The average molecular weight is 275 g/mol. The third kappa shape index (κ3) is 3.39. The number of rotatable bonds is 2. The van der Waals surface area contributed by atoms with E-state index in [4.69, 9.17) is 11.5 Å². The average Bonchev–Trinajstić information content (AvgIpc) is 2.11. The molecular formula is C8H7F6N3O. The van der Waals surface area contributed by atoms with E-state index in [-0.39, 0.29) is 0 Å². The van der Waals surface area contributed by atoms with Crippen LogP contribution in [0.4, 0.5) is 32.0 Å². The Kier molecular flexibility index (Phi) is 3.60. The Labute approximate surface area is 96.5 Å². The molecule has 10 heteroatoms. The molecule has 0 aliphatic heterocycles. The number of hydrogen-bond acceptors (Lipinski definition) is 4. The third-order valence-electron chi connectivity index (χ3n) is 1.80. The maximum absolute atomic E-state index is 12.5. The second-order valence-electron chi connectivity index (χ2n) is 3.12. The normalized spacial score (nSPS) is 12.6. The number of nitrogens with two attached hydrogens (primary N) is 2. The van der Waals surface area contributed by atoms with Crippen molar-refractivity contribution < 1.29 is 31.1 Å². The van der Waals surface area contributed by atoms with Gasteiger partial charge in [0.25, 0.3) is 0 Å². The zero-order valence-electron chi connectivity index (χ0n) is 8.56. The summed E-state index contributed by atoms with van der Waals surface area (Å²) in [5.74, 6) is -1.09. The minimum Gasteiger partial charge on any atom is -0.398 e. The number of aromatic nitrogens is 1. The monoisotopic (exact) mass is 275 g/mol. The molecule has 0 fully saturated rings. The summed E-state index contributed by atoms with van der Waals surface area (Å²) in [6, 6.07) is 0.343. The molecule has 1 heterocycles. The van der Waals surface area contributed by atoms with Crippen molar-refractivity contribution in [3.63, 3.8) is 0 Å². The van der Waals surface area contributed by atoms with Crippen molar-refractivity contribution in [3.8, 4) is 5.88 Å². The zero-order chi connectivity index (χ0) is 14.1. The van der Waals surface area contributed by atoms with Gasteiger partial charge in [0.15, 0.2) is 0 Å². The SMILES string of the molecule is NCc1nc(OC(F)(F)F)cc(N)c1C(F)(F)F. The molecule has 0 saturated carbocycles. The van der Waals surface area contributed by atoms with Crippen LogP contribution >= 0.6 is 0 Å². The van der Waals surface area contributed by atoms with Crippen LogP contribution in [0.2, 0.25) is 0 Å². The van der Waals surface area contributed by atoms with E-state index in [1.807, 2.05) is 0 Å². The molecule has 0 bridgehead atoms. The summed E-state index contributed by atoms with van der Waals surface area (Å²) < 4.78 is 76.6. The minimum atomic E-state index is -5.08. The molecule has 0 aromatic carbocycles. The Morgan fingerprint density at radius 2 is 1.72 bits per heavy atom.